The smallest absolute Gasteiger partial charge is 0.142 e. The van der Waals surface area contributed by atoms with E-state index in [2.05, 4.69) is 35.8 Å². The van der Waals surface area contributed by atoms with Crippen molar-refractivity contribution in [1.82, 2.24) is 5.32 Å². The lowest BCUT2D eigenvalue weighted by Gasteiger charge is -2.24. The Morgan fingerprint density at radius 1 is 1.39 bits per heavy atom. The summed E-state index contributed by atoms with van der Waals surface area (Å²) in [7, 11) is 0. The molecule has 1 aliphatic rings. The lowest BCUT2D eigenvalue weighted by molar-refractivity contribution is 0.341. The summed E-state index contributed by atoms with van der Waals surface area (Å²) in [5.74, 6) is 0.966. The zero-order valence-corrected chi connectivity index (χ0v) is 11.5. The first-order valence-corrected chi connectivity index (χ1v) is 7.00. The molecule has 0 bridgehead atoms. The first-order valence-electron chi connectivity index (χ1n) is 7.00. The number of benzene rings is 1. The fourth-order valence-electron chi connectivity index (χ4n) is 2.38. The Hall–Kier alpha value is -1.22. The van der Waals surface area contributed by atoms with E-state index in [-0.39, 0.29) is 0 Å². The van der Waals surface area contributed by atoms with E-state index < -0.39 is 0 Å². The van der Waals surface area contributed by atoms with Crippen LogP contribution in [0.4, 0.5) is 5.69 Å². The van der Waals surface area contributed by atoms with E-state index in [1.54, 1.807) is 0 Å². The molecular formula is C15H24N2O. The zero-order valence-electron chi connectivity index (χ0n) is 11.5. The summed E-state index contributed by atoms with van der Waals surface area (Å²) in [6.45, 7) is 6.95. The van der Waals surface area contributed by atoms with Crippen LogP contribution in [0.3, 0.4) is 0 Å². The molecule has 2 rings (SSSR count). The van der Waals surface area contributed by atoms with Crippen molar-refractivity contribution in [1.29, 1.82) is 0 Å². The summed E-state index contributed by atoms with van der Waals surface area (Å²) in [6, 6.07) is 6.93. The van der Waals surface area contributed by atoms with E-state index in [1.807, 2.05) is 6.92 Å². The van der Waals surface area contributed by atoms with Crippen molar-refractivity contribution >= 4 is 5.69 Å². The third kappa shape index (κ3) is 3.64. The molecule has 0 aliphatic carbocycles. The van der Waals surface area contributed by atoms with Gasteiger partial charge in [-0.15, -0.1) is 0 Å². The summed E-state index contributed by atoms with van der Waals surface area (Å²) in [4.78, 5) is 0. The average molecular weight is 248 g/mol. The molecule has 1 fully saturated rings. The van der Waals surface area contributed by atoms with Gasteiger partial charge < -0.3 is 15.4 Å². The van der Waals surface area contributed by atoms with Crippen LogP contribution in [0.1, 0.15) is 31.7 Å². The van der Waals surface area contributed by atoms with Gasteiger partial charge in [0.25, 0.3) is 0 Å². The molecule has 0 saturated carbocycles. The molecule has 100 valence electrons. The predicted octanol–water partition coefficient (Wildman–Crippen LogP) is 2.95. The quantitative estimate of drug-likeness (QED) is 0.840. The zero-order chi connectivity index (χ0) is 12.8. The number of hydrogen-bond acceptors (Lipinski definition) is 3. The Labute approximate surface area is 110 Å². The second-order valence-electron chi connectivity index (χ2n) is 4.96. The third-order valence-electron chi connectivity index (χ3n) is 3.39. The Balaban J connectivity index is 1.94. The largest absolute Gasteiger partial charge is 0.492 e. The molecule has 0 aromatic heterocycles. The molecule has 3 nitrogen and oxygen atoms in total. The minimum Gasteiger partial charge on any atom is -0.492 e. The maximum absolute atomic E-state index is 5.67. The van der Waals surface area contributed by atoms with Gasteiger partial charge in [-0.2, -0.15) is 0 Å². The Morgan fingerprint density at radius 3 is 3.00 bits per heavy atom. The van der Waals surface area contributed by atoms with Crippen molar-refractivity contribution in [2.75, 3.05) is 25.0 Å². The normalized spacial score (nSPS) is 19.6. The summed E-state index contributed by atoms with van der Waals surface area (Å²) in [5, 5.41) is 7.06. The fraction of sp³-hybridized carbons (Fsp3) is 0.600. The highest BCUT2D eigenvalue weighted by Crippen LogP contribution is 2.25. The summed E-state index contributed by atoms with van der Waals surface area (Å²) in [6.07, 6.45) is 3.92. The number of aryl methyl sites for hydroxylation is 1. The van der Waals surface area contributed by atoms with Gasteiger partial charge >= 0.3 is 0 Å². The van der Waals surface area contributed by atoms with Gasteiger partial charge in [-0.05, 0) is 50.9 Å². The van der Waals surface area contributed by atoms with Gasteiger partial charge in [-0.3, -0.25) is 0 Å². The van der Waals surface area contributed by atoms with Gasteiger partial charge in [0, 0.05) is 12.6 Å². The average Bonchev–Trinajstić information content (AvgIpc) is 2.39. The van der Waals surface area contributed by atoms with Crippen molar-refractivity contribution in [2.45, 2.75) is 39.2 Å². The molecule has 3 heteroatoms. The number of anilines is 1. The van der Waals surface area contributed by atoms with Crippen LogP contribution in [0, 0.1) is 6.92 Å². The molecule has 1 aromatic carbocycles. The summed E-state index contributed by atoms with van der Waals surface area (Å²) < 4.78 is 5.67. The van der Waals surface area contributed by atoms with Gasteiger partial charge in [0.1, 0.15) is 5.75 Å². The molecule has 1 unspecified atom stereocenters. The van der Waals surface area contributed by atoms with Crippen LogP contribution in [0.15, 0.2) is 18.2 Å². The molecular weight excluding hydrogens is 224 g/mol. The van der Waals surface area contributed by atoms with Crippen LogP contribution in [-0.2, 0) is 0 Å². The van der Waals surface area contributed by atoms with E-state index in [0.29, 0.717) is 12.6 Å². The van der Waals surface area contributed by atoms with Gasteiger partial charge in [-0.1, -0.05) is 12.5 Å². The monoisotopic (exact) mass is 248 g/mol. The molecule has 0 amide bonds. The van der Waals surface area contributed by atoms with Crippen LogP contribution < -0.4 is 15.4 Å². The molecule has 0 radical (unpaired) electrons. The van der Waals surface area contributed by atoms with Crippen molar-refractivity contribution in [3.05, 3.63) is 23.8 Å². The molecule has 1 heterocycles. The highest BCUT2D eigenvalue weighted by molar-refractivity contribution is 5.57. The van der Waals surface area contributed by atoms with E-state index in [4.69, 9.17) is 4.74 Å². The van der Waals surface area contributed by atoms with Crippen LogP contribution in [0.2, 0.25) is 0 Å². The van der Waals surface area contributed by atoms with Gasteiger partial charge in [0.15, 0.2) is 0 Å². The maximum Gasteiger partial charge on any atom is 0.142 e. The van der Waals surface area contributed by atoms with Gasteiger partial charge in [0.05, 0.1) is 12.3 Å². The molecule has 1 atom stereocenters. The molecule has 1 aromatic rings. The van der Waals surface area contributed by atoms with Gasteiger partial charge in [-0.25, -0.2) is 0 Å². The second kappa shape index (κ2) is 6.64. The fourth-order valence-corrected chi connectivity index (χ4v) is 2.38. The first-order chi connectivity index (χ1) is 8.79. The van der Waals surface area contributed by atoms with Crippen LogP contribution in [0.25, 0.3) is 0 Å². The highest BCUT2D eigenvalue weighted by Gasteiger charge is 2.12. The minimum absolute atomic E-state index is 0.592. The van der Waals surface area contributed by atoms with Crippen molar-refractivity contribution in [3.63, 3.8) is 0 Å². The molecule has 1 saturated heterocycles. The number of nitrogens with one attached hydrogen (secondary N) is 2. The third-order valence-corrected chi connectivity index (χ3v) is 3.39. The number of ether oxygens (including phenoxy) is 1. The SMILES string of the molecule is CCOc1cc(C)ccc1NCC1CCCCN1. The lowest BCUT2D eigenvalue weighted by atomic mass is 10.0. The molecule has 2 N–H and O–H groups in total. The van der Waals surface area contributed by atoms with Crippen LogP contribution in [0.5, 0.6) is 5.75 Å². The van der Waals surface area contributed by atoms with E-state index in [9.17, 15) is 0 Å². The Morgan fingerprint density at radius 2 is 2.28 bits per heavy atom. The number of piperidine rings is 1. The van der Waals surface area contributed by atoms with Crippen LogP contribution in [-0.4, -0.2) is 25.7 Å². The topological polar surface area (TPSA) is 33.3 Å². The molecule has 0 spiro atoms. The van der Waals surface area contributed by atoms with E-state index >= 15 is 0 Å². The van der Waals surface area contributed by atoms with E-state index in [0.717, 1.165) is 24.5 Å². The maximum atomic E-state index is 5.67. The summed E-state index contributed by atoms with van der Waals surface area (Å²) >= 11 is 0. The standard InChI is InChI=1S/C15H24N2O/c1-3-18-15-10-12(2)7-8-14(15)17-11-13-6-4-5-9-16-13/h7-8,10,13,16-17H,3-6,9,11H2,1-2H3. The van der Waals surface area contributed by atoms with Gasteiger partial charge in [0.2, 0.25) is 0 Å². The predicted molar refractivity (Wildman–Crippen MR) is 76.5 cm³/mol. The first kappa shape index (κ1) is 13.2. The minimum atomic E-state index is 0.592. The number of rotatable bonds is 5. The van der Waals surface area contributed by atoms with Crippen molar-refractivity contribution in [2.24, 2.45) is 0 Å². The lowest BCUT2D eigenvalue weighted by Crippen LogP contribution is -2.39. The van der Waals surface area contributed by atoms with E-state index in [1.165, 1.54) is 24.8 Å². The molecule has 18 heavy (non-hydrogen) atoms. The second-order valence-corrected chi connectivity index (χ2v) is 4.96. The van der Waals surface area contributed by atoms with Crippen LogP contribution >= 0.6 is 0 Å². The summed E-state index contributed by atoms with van der Waals surface area (Å²) in [5.41, 5.74) is 2.34. The van der Waals surface area contributed by atoms with Crippen molar-refractivity contribution < 1.29 is 4.74 Å². The number of hydrogen-bond donors (Lipinski definition) is 2. The Bertz CT molecular complexity index is 373. The van der Waals surface area contributed by atoms with Crippen molar-refractivity contribution in [3.8, 4) is 5.75 Å². The molecule has 1 aliphatic heterocycles. The Kier molecular flexibility index (Phi) is 4.88. The highest BCUT2D eigenvalue weighted by atomic mass is 16.5.